The Morgan fingerprint density at radius 2 is 1.70 bits per heavy atom. The molecule has 0 fully saturated rings. The van der Waals surface area contributed by atoms with Crippen molar-refractivity contribution in [1.29, 1.82) is 0 Å². The van der Waals surface area contributed by atoms with Crippen LogP contribution in [0.25, 0.3) is 0 Å². The molecule has 0 saturated carbocycles. The second-order valence-corrected chi connectivity index (χ2v) is 6.35. The Bertz CT molecular complexity index is 813. The van der Waals surface area contributed by atoms with E-state index in [0.29, 0.717) is 11.4 Å². The van der Waals surface area contributed by atoms with Crippen molar-refractivity contribution >= 4 is 28.8 Å². The molecule has 1 unspecified atom stereocenters. The van der Waals surface area contributed by atoms with Crippen molar-refractivity contribution in [3.8, 4) is 0 Å². The molecule has 3 nitrogen and oxygen atoms in total. The predicted molar refractivity (Wildman–Crippen MR) is 93.8 cm³/mol. The van der Waals surface area contributed by atoms with Crippen LogP contribution >= 0.6 is 11.6 Å². The van der Waals surface area contributed by atoms with E-state index in [1.807, 2.05) is 48.5 Å². The van der Waals surface area contributed by atoms with Gasteiger partial charge in [0.2, 0.25) is 0 Å². The molecular formula is C19H17ClN2O. The number of ketones is 1. The van der Waals surface area contributed by atoms with Gasteiger partial charge in [-0.3, -0.25) is 4.79 Å². The number of hydrogen-bond donors (Lipinski definition) is 2. The van der Waals surface area contributed by atoms with Crippen LogP contribution < -0.4 is 10.6 Å². The summed E-state index contributed by atoms with van der Waals surface area (Å²) in [6.45, 7) is 0. The zero-order valence-corrected chi connectivity index (χ0v) is 13.4. The van der Waals surface area contributed by atoms with Crippen LogP contribution in [0.15, 0.2) is 59.8 Å². The third-order valence-corrected chi connectivity index (χ3v) is 4.82. The van der Waals surface area contributed by atoms with E-state index in [1.54, 1.807) is 0 Å². The van der Waals surface area contributed by atoms with E-state index in [9.17, 15) is 4.79 Å². The topological polar surface area (TPSA) is 41.1 Å². The van der Waals surface area contributed by atoms with E-state index in [0.717, 1.165) is 41.1 Å². The highest BCUT2D eigenvalue weighted by atomic mass is 35.5. The number of allylic oxidation sites excluding steroid dienone is 1. The highest BCUT2D eigenvalue weighted by Crippen LogP contribution is 2.41. The lowest BCUT2D eigenvalue weighted by Gasteiger charge is -2.26. The van der Waals surface area contributed by atoms with Crippen molar-refractivity contribution in [2.24, 2.45) is 0 Å². The Morgan fingerprint density at radius 1 is 0.957 bits per heavy atom. The molecule has 4 heteroatoms. The van der Waals surface area contributed by atoms with E-state index in [1.165, 1.54) is 0 Å². The Balaban J connectivity index is 1.91. The lowest BCUT2D eigenvalue weighted by Crippen LogP contribution is -2.23. The Hall–Kier alpha value is -2.26. The lowest BCUT2D eigenvalue weighted by molar-refractivity contribution is -0.116. The van der Waals surface area contributed by atoms with Crippen molar-refractivity contribution < 1.29 is 4.79 Å². The van der Waals surface area contributed by atoms with Gasteiger partial charge in [0, 0.05) is 22.7 Å². The maximum absolute atomic E-state index is 12.6. The van der Waals surface area contributed by atoms with Crippen molar-refractivity contribution in [3.63, 3.8) is 0 Å². The standard InChI is InChI=1S/C19H17ClN2O/c20-13-7-2-1-6-12(13)19-18-16(10-5-11-17(18)23)21-14-8-3-4-9-15(14)22-19/h1-4,6-9,19,21-22H,5,10-11H2. The van der Waals surface area contributed by atoms with Gasteiger partial charge >= 0.3 is 0 Å². The van der Waals surface area contributed by atoms with Gasteiger partial charge in [-0.15, -0.1) is 0 Å². The van der Waals surface area contributed by atoms with Gasteiger partial charge in [-0.05, 0) is 36.6 Å². The highest BCUT2D eigenvalue weighted by molar-refractivity contribution is 6.31. The van der Waals surface area contributed by atoms with Gasteiger partial charge in [0.15, 0.2) is 5.78 Å². The number of fused-ring (bicyclic) bond motifs is 1. The van der Waals surface area contributed by atoms with Crippen LogP contribution in [0.4, 0.5) is 11.4 Å². The molecule has 0 bridgehead atoms. The molecule has 23 heavy (non-hydrogen) atoms. The summed E-state index contributed by atoms with van der Waals surface area (Å²) in [6, 6.07) is 15.5. The average molecular weight is 325 g/mol. The average Bonchev–Trinajstić information content (AvgIpc) is 2.72. The summed E-state index contributed by atoms with van der Waals surface area (Å²) >= 11 is 6.42. The first-order valence-electron chi connectivity index (χ1n) is 7.87. The maximum atomic E-state index is 12.6. The fourth-order valence-corrected chi connectivity index (χ4v) is 3.62. The summed E-state index contributed by atoms with van der Waals surface area (Å²) in [4.78, 5) is 12.6. The number of nitrogens with one attached hydrogen (secondary N) is 2. The van der Waals surface area contributed by atoms with Gasteiger partial charge < -0.3 is 10.6 Å². The molecule has 2 aromatic rings. The van der Waals surface area contributed by atoms with Crippen molar-refractivity contribution in [1.82, 2.24) is 0 Å². The van der Waals surface area contributed by atoms with Gasteiger partial charge in [0.05, 0.1) is 17.4 Å². The molecule has 2 aliphatic rings. The molecule has 116 valence electrons. The fraction of sp³-hybridized carbons (Fsp3) is 0.211. The van der Waals surface area contributed by atoms with Gasteiger partial charge in [-0.25, -0.2) is 0 Å². The second-order valence-electron chi connectivity index (χ2n) is 5.94. The molecule has 0 saturated heterocycles. The molecule has 0 aromatic heterocycles. The molecule has 2 N–H and O–H groups in total. The Labute approximate surface area is 140 Å². The molecular weight excluding hydrogens is 308 g/mol. The first-order chi connectivity index (χ1) is 11.2. The van der Waals surface area contributed by atoms with Gasteiger partial charge in [0.25, 0.3) is 0 Å². The van der Waals surface area contributed by atoms with E-state index in [4.69, 9.17) is 11.6 Å². The molecule has 2 aromatic carbocycles. The largest absolute Gasteiger partial charge is 0.372 e. The summed E-state index contributed by atoms with van der Waals surface area (Å²) in [5, 5.41) is 7.66. The zero-order chi connectivity index (χ0) is 15.8. The number of Topliss-reactive ketones (excluding diaryl/α,β-unsaturated/α-hetero) is 1. The first kappa shape index (κ1) is 14.3. The number of carbonyl (C=O) groups excluding carboxylic acids is 1. The Morgan fingerprint density at radius 3 is 2.52 bits per heavy atom. The van der Waals surface area contributed by atoms with Crippen LogP contribution in [0.2, 0.25) is 5.02 Å². The minimum atomic E-state index is -0.220. The van der Waals surface area contributed by atoms with E-state index >= 15 is 0 Å². The highest BCUT2D eigenvalue weighted by Gasteiger charge is 2.32. The summed E-state index contributed by atoms with van der Waals surface area (Å²) < 4.78 is 0. The number of benzene rings is 2. The van der Waals surface area contributed by atoms with Crippen LogP contribution in [0.3, 0.4) is 0 Å². The summed E-state index contributed by atoms with van der Waals surface area (Å²) in [5.41, 5.74) is 4.77. The van der Waals surface area contributed by atoms with Crippen LogP contribution in [0, 0.1) is 0 Å². The minimum Gasteiger partial charge on any atom is -0.372 e. The van der Waals surface area contributed by atoms with Crippen LogP contribution in [0.5, 0.6) is 0 Å². The summed E-state index contributed by atoms with van der Waals surface area (Å²) in [7, 11) is 0. The summed E-state index contributed by atoms with van der Waals surface area (Å²) in [6.07, 6.45) is 2.37. The molecule has 1 aliphatic heterocycles. The Kier molecular flexibility index (Phi) is 3.58. The maximum Gasteiger partial charge on any atom is 0.163 e. The van der Waals surface area contributed by atoms with Crippen LogP contribution in [-0.4, -0.2) is 5.78 Å². The van der Waals surface area contributed by atoms with Crippen LogP contribution in [-0.2, 0) is 4.79 Å². The molecule has 4 rings (SSSR count). The number of carbonyl (C=O) groups is 1. The van der Waals surface area contributed by atoms with E-state index in [-0.39, 0.29) is 11.8 Å². The molecule has 1 atom stereocenters. The molecule has 1 aliphatic carbocycles. The number of para-hydroxylation sites is 2. The van der Waals surface area contributed by atoms with Crippen molar-refractivity contribution in [3.05, 3.63) is 70.4 Å². The lowest BCUT2D eigenvalue weighted by atomic mass is 9.86. The number of rotatable bonds is 1. The van der Waals surface area contributed by atoms with Crippen molar-refractivity contribution in [2.45, 2.75) is 25.3 Å². The van der Waals surface area contributed by atoms with E-state index in [2.05, 4.69) is 10.6 Å². The first-order valence-corrected chi connectivity index (χ1v) is 8.25. The quantitative estimate of drug-likeness (QED) is 0.781. The number of halogens is 1. The third-order valence-electron chi connectivity index (χ3n) is 4.47. The van der Waals surface area contributed by atoms with E-state index < -0.39 is 0 Å². The smallest absolute Gasteiger partial charge is 0.163 e. The second kappa shape index (κ2) is 5.74. The fourth-order valence-electron chi connectivity index (χ4n) is 3.38. The number of anilines is 2. The van der Waals surface area contributed by atoms with Crippen molar-refractivity contribution in [2.75, 3.05) is 10.6 Å². The number of hydrogen-bond acceptors (Lipinski definition) is 3. The minimum absolute atomic E-state index is 0.198. The molecule has 0 radical (unpaired) electrons. The van der Waals surface area contributed by atoms with Crippen LogP contribution in [0.1, 0.15) is 30.9 Å². The zero-order valence-electron chi connectivity index (χ0n) is 12.6. The van der Waals surface area contributed by atoms with Gasteiger partial charge in [-0.2, -0.15) is 0 Å². The monoisotopic (exact) mass is 324 g/mol. The van der Waals surface area contributed by atoms with Gasteiger partial charge in [-0.1, -0.05) is 41.9 Å². The molecule has 0 amide bonds. The summed E-state index contributed by atoms with van der Waals surface area (Å²) in [5.74, 6) is 0.198. The van der Waals surface area contributed by atoms with Gasteiger partial charge in [0.1, 0.15) is 0 Å². The SMILES string of the molecule is O=C1CCCC2=C1C(c1ccccc1Cl)Nc1ccccc1N2. The molecule has 1 heterocycles. The third kappa shape index (κ3) is 2.51. The predicted octanol–water partition coefficient (Wildman–Crippen LogP) is 4.93. The molecule has 0 spiro atoms. The normalized spacial score (nSPS) is 20.0.